The van der Waals surface area contributed by atoms with Gasteiger partial charge in [-0.3, -0.25) is 14.7 Å². The average Bonchev–Trinajstić information content (AvgIpc) is 3.52. The lowest BCUT2D eigenvalue weighted by molar-refractivity contribution is -0.115. The molecule has 4 heterocycles. The van der Waals surface area contributed by atoms with E-state index in [0.29, 0.717) is 28.8 Å². The molecule has 6 rings (SSSR count). The van der Waals surface area contributed by atoms with Crippen LogP contribution in [-0.2, 0) is 4.79 Å². The molecule has 2 aliphatic rings. The molecule has 3 amide bonds. The van der Waals surface area contributed by atoms with Crippen LogP contribution in [0.5, 0.6) is 11.5 Å². The molecule has 0 radical (unpaired) electrons. The number of ether oxygens (including phenoxy) is 1. The number of H-pyrrole nitrogens is 1. The second kappa shape index (κ2) is 8.23. The van der Waals surface area contributed by atoms with Crippen molar-refractivity contribution in [3.63, 3.8) is 0 Å². The van der Waals surface area contributed by atoms with E-state index in [9.17, 15) is 9.59 Å². The summed E-state index contributed by atoms with van der Waals surface area (Å²) in [6.45, 7) is 4.10. The molecular formula is C27H25N5O3. The molecule has 35 heavy (non-hydrogen) atoms. The fourth-order valence-electron chi connectivity index (χ4n) is 4.55. The summed E-state index contributed by atoms with van der Waals surface area (Å²) < 4.78 is 6.28. The number of aromatic amines is 1. The van der Waals surface area contributed by atoms with Crippen molar-refractivity contribution in [1.82, 2.24) is 15.0 Å². The van der Waals surface area contributed by atoms with Gasteiger partial charge >= 0.3 is 6.03 Å². The zero-order valence-corrected chi connectivity index (χ0v) is 19.6. The number of carbonyl (C=O) groups is 2. The van der Waals surface area contributed by atoms with E-state index in [1.165, 1.54) is 9.80 Å². The second-order valence-electron chi connectivity index (χ2n) is 9.38. The first kappa shape index (κ1) is 21.3. The van der Waals surface area contributed by atoms with Gasteiger partial charge in [0.15, 0.2) is 0 Å². The number of benzene rings is 1. The van der Waals surface area contributed by atoms with Gasteiger partial charge in [0, 0.05) is 18.6 Å². The largest absolute Gasteiger partial charge is 0.456 e. The van der Waals surface area contributed by atoms with Gasteiger partial charge in [0.1, 0.15) is 23.7 Å². The van der Waals surface area contributed by atoms with Crippen LogP contribution in [0.4, 0.5) is 16.2 Å². The predicted octanol–water partition coefficient (Wildman–Crippen LogP) is 5.72. The van der Waals surface area contributed by atoms with Crippen molar-refractivity contribution in [2.45, 2.75) is 38.5 Å². The minimum Gasteiger partial charge on any atom is -0.456 e. The van der Waals surface area contributed by atoms with Gasteiger partial charge in [-0.1, -0.05) is 13.8 Å². The number of hydrogen-bond donors (Lipinski definition) is 1. The van der Waals surface area contributed by atoms with Crippen molar-refractivity contribution >= 4 is 34.3 Å². The molecule has 8 heteroatoms. The van der Waals surface area contributed by atoms with Crippen molar-refractivity contribution in [2.75, 3.05) is 16.3 Å². The molecule has 1 aliphatic carbocycles. The number of aromatic nitrogens is 3. The second-order valence-corrected chi connectivity index (χ2v) is 9.38. The maximum atomic E-state index is 13.3. The normalized spacial score (nSPS) is 16.1. The number of carbonyl (C=O) groups excluding carboxylic acids is 2. The smallest absolute Gasteiger partial charge is 0.336 e. The number of nitrogens with zero attached hydrogens (tertiary/aromatic N) is 4. The summed E-state index contributed by atoms with van der Waals surface area (Å²) >= 11 is 0. The summed E-state index contributed by atoms with van der Waals surface area (Å²) in [6, 6.07) is 10.8. The van der Waals surface area contributed by atoms with Gasteiger partial charge in [0.2, 0.25) is 0 Å². The highest BCUT2D eigenvalue weighted by atomic mass is 16.5. The van der Waals surface area contributed by atoms with Gasteiger partial charge in [-0.25, -0.2) is 14.7 Å². The van der Waals surface area contributed by atoms with E-state index < -0.39 is 0 Å². The number of nitrogens with one attached hydrogen (secondary N) is 1. The SMILES string of the molecule is CC(C)c1cc(N2C(=O)CN(c3cncc(C4CC4)c3)C2=O)ccc1Oc1ccnc2[nH]ccc12. The number of imide groups is 1. The number of fused-ring (bicyclic) bond motifs is 1. The topological polar surface area (TPSA) is 91.4 Å². The Kier molecular flexibility index (Phi) is 5.02. The van der Waals surface area contributed by atoms with Gasteiger partial charge in [-0.05, 0) is 72.2 Å². The van der Waals surface area contributed by atoms with Gasteiger partial charge in [-0.2, -0.15) is 0 Å². The highest BCUT2D eigenvalue weighted by Crippen LogP contribution is 2.41. The van der Waals surface area contributed by atoms with Crippen LogP contribution in [0.2, 0.25) is 0 Å². The van der Waals surface area contributed by atoms with Crippen molar-refractivity contribution in [2.24, 2.45) is 0 Å². The number of rotatable bonds is 6. The lowest BCUT2D eigenvalue weighted by Crippen LogP contribution is -2.33. The Morgan fingerprint density at radius 2 is 1.89 bits per heavy atom. The molecule has 0 atom stereocenters. The minimum atomic E-state index is -0.365. The Balaban J connectivity index is 1.31. The van der Waals surface area contributed by atoms with E-state index in [-0.39, 0.29) is 24.4 Å². The van der Waals surface area contributed by atoms with E-state index in [0.717, 1.165) is 35.0 Å². The molecule has 4 aromatic rings. The third-order valence-corrected chi connectivity index (χ3v) is 6.58. The summed E-state index contributed by atoms with van der Waals surface area (Å²) in [7, 11) is 0. The van der Waals surface area contributed by atoms with Crippen molar-refractivity contribution in [1.29, 1.82) is 0 Å². The molecule has 1 saturated carbocycles. The molecule has 1 aliphatic heterocycles. The third-order valence-electron chi connectivity index (χ3n) is 6.58. The molecule has 2 fully saturated rings. The lowest BCUT2D eigenvalue weighted by atomic mass is 10.0. The van der Waals surface area contributed by atoms with Crippen molar-refractivity contribution in [3.05, 3.63) is 72.3 Å². The van der Waals surface area contributed by atoms with E-state index in [1.807, 2.05) is 42.7 Å². The van der Waals surface area contributed by atoms with Gasteiger partial charge in [0.25, 0.3) is 5.91 Å². The molecule has 1 N–H and O–H groups in total. The maximum Gasteiger partial charge on any atom is 0.336 e. The number of anilines is 2. The predicted molar refractivity (Wildman–Crippen MR) is 133 cm³/mol. The summed E-state index contributed by atoms with van der Waals surface area (Å²) in [5.74, 6) is 1.72. The van der Waals surface area contributed by atoms with Gasteiger partial charge in [-0.15, -0.1) is 0 Å². The quantitative estimate of drug-likeness (QED) is 0.366. The Hall–Kier alpha value is -4.20. The first-order valence-corrected chi connectivity index (χ1v) is 11.8. The van der Waals surface area contributed by atoms with Gasteiger partial charge < -0.3 is 9.72 Å². The standard InChI is InChI=1S/C27H25N5O3/c1-16(2)22-12-19(5-6-23(22)35-24-8-10-30-26-21(24)7-9-29-26)32-25(33)15-31(27(32)34)20-11-18(13-28-14-20)17-3-4-17/h5-14,16-17H,3-4,15H2,1-2H3,(H,29,30). The van der Waals surface area contributed by atoms with Crippen LogP contribution in [0.1, 0.15) is 49.7 Å². The van der Waals surface area contributed by atoms with E-state index in [1.54, 1.807) is 18.5 Å². The van der Waals surface area contributed by atoms with E-state index in [4.69, 9.17) is 4.74 Å². The fourth-order valence-corrected chi connectivity index (χ4v) is 4.55. The molecule has 176 valence electrons. The lowest BCUT2D eigenvalue weighted by Gasteiger charge is -2.20. The van der Waals surface area contributed by atoms with Crippen LogP contribution < -0.4 is 14.5 Å². The minimum absolute atomic E-state index is 0.00756. The van der Waals surface area contributed by atoms with Crippen molar-refractivity contribution < 1.29 is 14.3 Å². The third kappa shape index (κ3) is 3.80. The number of urea groups is 1. The summed E-state index contributed by atoms with van der Waals surface area (Å²) in [5.41, 5.74) is 3.97. The summed E-state index contributed by atoms with van der Waals surface area (Å²) in [5, 5.41) is 0.883. The van der Waals surface area contributed by atoms with Crippen LogP contribution in [0.25, 0.3) is 11.0 Å². The van der Waals surface area contributed by atoms with E-state index in [2.05, 4.69) is 28.8 Å². The summed E-state index contributed by atoms with van der Waals surface area (Å²) in [4.78, 5) is 40.8. The Labute approximate surface area is 202 Å². The maximum absolute atomic E-state index is 13.3. The first-order chi connectivity index (χ1) is 17.0. The molecule has 1 saturated heterocycles. The molecule has 0 spiro atoms. The molecular weight excluding hydrogens is 442 g/mol. The number of pyridine rings is 2. The molecule has 3 aromatic heterocycles. The molecule has 1 aromatic carbocycles. The Morgan fingerprint density at radius 3 is 2.69 bits per heavy atom. The van der Waals surface area contributed by atoms with Crippen LogP contribution in [-0.4, -0.2) is 33.4 Å². The zero-order valence-electron chi connectivity index (χ0n) is 19.6. The number of hydrogen-bond acceptors (Lipinski definition) is 5. The van der Waals surface area contributed by atoms with Crippen molar-refractivity contribution in [3.8, 4) is 11.5 Å². The average molecular weight is 468 g/mol. The van der Waals surface area contributed by atoms with Gasteiger partial charge in [0.05, 0.1) is 23.0 Å². The molecule has 0 unspecified atom stereocenters. The van der Waals surface area contributed by atoms with Crippen LogP contribution in [0, 0.1) is 0 Å². The van der Waals surface area contributed by atoms with E-state index >= 15 is 0 Å². The summed E-state index contributed by atoms with van der Waals surface area (Å²) in [6.07, 6.45) is 9.30. The number of amides is 3. The zero-order chi connectivity index (χ0) is 24.1. The molecule has 0 bridgehead atoms. The first-order valence-electron chi connectivity index (χ1n) is 11.8. The monoisotopic (exact) mass is 467 g/mol. The highest BCUT2D eigenvalue weighted by molar-refractivity contribution is 6.27. The fraction of sp³-hybridized carbons (Fsp3) is 0.259. The molecule has 8 nitrogen and oxygen atoms in total. The Morgan fingerprint density at radius 1 is 1.03 bits per heavy atom. The van der Waals surface area contributed by atoms with Crippen LogP contribution in [0.3, 0.4) is 0 Å². The highest BCUT2D eigenvalue weighted by Gasteiger charge is 2.39. The van der Waals surface area contributed by atoms with Crippen LogP contribution >= 0.6 is 0 Å². The Bertz CT molecular complexity index is 1460. The van der Waals surface area contributed by atoms with Crippen LogP contribution in [0.15, 0.2) is 61.2 Å².